The molecule has 0 unspecified atom stereocenters. The first kappa shape index (κ1) is 12.9. The van der Waals surface area contributed by atoms with Gasteiger partial charge < -0.3 is 10.1 Å². The summed E-state index contributed by atoms with van der Waals surface area (Å²) in [6, 6.07) is 16.4. The smallest absolute Gasteiger partial charge is 0.135 e. The van der Waals surface area contributed by atoms with Gasteiger partial charge in [-0.25, -0.2) is 0 Å². The van der Waals surface area contributed by atoms with Crippen LogP contribution in [0.25, 0.3) is 11.6 Å². The van der Waals surface area contributed by atoms with Crippen LogP contribution in [0.3, 0.4) is 0 Å². The lowest BCUT2D eigenvalue weighted by Crippen LogP contribution is -2.17. The Balaban J connectivity index is 2.02. The Kier molecular flexibility index (Phi) is 3.84. The molecular weight excluding hydrogens is 246 g/mol. The zero-order valence-electron chi connectivity index (χ0n) is 11.7. The van der Waals surface area contributed by atoms with Crippen LogP contribution in [0.2, 0.25) is 0 Å². The maximum absolute atomic E-state index is 6.06. The van der Waals surface area contributed by atoms with Crippen molar-refractivity contribution < 1.29 is 4.74 Å². The first-order chi connectivity index (χ1) is 9.88. The highest BCUT2D eigenvalue weighted by Gasteiger charge is 2.15. The van der Waals surface area contributed by atoms with Crippen LogP contribution in [0.4, 0.5) is 0 Å². The third-order valence-corrected chi connectivity index (χ3v) is 3.44. The maximum Gasteiger partial charge on any atom is 0.135 e. The monoisotopic (exact) mass is 265 g/mol. The summed E-state index contributed by atoms with van der Waals surface area (Å²) in [4.78, 5) is 0. The summed E-state index contributed by atoms with van der Waals surface area (Å²) in [7, 11) is 0. The van der Waals surface area contributed by atoms with Gasteiger partial charge >= 0.3 is 0 Å². The molecule has 0 saturated carbocycles. The molecule has 0 amide bonds. The lowest BCUT2D eigenvalue weighted by atomic mass is 10.0. The number of hydrogen-bond donors (Lipinski definition) is 1. The second kappa shape index (κ2) is 5.93. The third kappa shape index (κ3) is 2.61. The van der Waals surface area contributed by atoms with Crippen LogP contribution in [0.15, 0.2) is 48.5 Å². The topological polar surface area (TPSA) is 21.3 Å². The van der Waals surface area contributed by atoms with Gasteiger partial charge in [0.1, 0.15) is 11.5 Å². The van der Waals surface area contributed by atoms with Crippen LogP contribution in [0, 0.1) is 0 Å². The zero-order valence-corrected chi connectivity index (χ0v) is 11.7. The summed E-state index contributed by atoms with van der Waals surface area (Å²) in [5.74, 6) is 1.85. The number of fused-ring (bicyclic) bond motifs is 2. The fraction of sp³-hybridized carbons (Fsp3) is 0.222. The average molecular weight is 265 g/mol. The second-order valence-electron chi connectivity index (χ2n) is 4.98. The van der Waals surface area contributed by atoms with Crippen molar-refractivity contribution >= 4 is 11.6 Å². The highest BCUT2D eigenvalue weighted by molar-refractivity contribution is 5.87. The van der Waals surface area contributed by atoms with E-state index in [-0.39, 0.29) is 0 Å². The number of rotatable bonds is 4. The van der Waals surface area contributed by atoms with Gasteiger partial charge in [0.15, 0.2) is 0 Å². The minimum Gasteiger partial charge on any atom is -0.456 e. The molecule has 0 spiro atoms. The summed E-state index contributed by atoms with van der Waals surface area (Å²) < 4.78 is 6.06. The van der Waals surface area contributed by atoms with E-state index in [4.69, 9.17) is 4.74 Å². The standard InChI is InChI=1S/C18H19NO/c1-2-11-19-13-15-12-14-7-3-5-9-17(14)20-18-10-6-4-8-16(15)18/h3-10,12,19H,2,11,13H2,1H3. The van der Waals surface area contributed by atoms with Gasteiger partial charge in [-0.05, 0) is 36.7 Å². The Bertz CT molecular complexity index is 631. The van der Waals surface area contributed by atoms with E-state index in [1.807, 2.05) is 30.3 Å². The molecular formula is C18H19NO. The van der Waals surface area contributed by atoms with Crippen molar-refractivity contribution in [1.82, 2.24) is 5.32 Å². The molecule has 1 N–H and O–H groups in total. The largest absolute Gasteiger partial charge is 0.456 e. The molecule has 0 saturated heterocycles. The van der Waals surface area contributed by atoms with Gasteiger partial charge in [-0.15, -0.1) is 0 Å². The van der Waals surface area contributed by atoms with Gasteiger partial charge in [0.2, 0.25) is 0 Å². The molecule has 2 nitrogen and oxygen atoms in total. The SMILES string of the molecule is CCCNCC1=Cc2ccccc2Oc2ccccc21. The van der Waals surface area contributed by atoms with Crippen molar-refractivity contribution in [2.75, 3.05) is 13.1 Å². The van der Waals surface area contributed by atoms with Crippen LogP contribution in [-0.4, -0.2) is 13.1 Å². The third-order valence-electron chi connectivity index (χ3n) is 3.44. The molecule has 1 aliphatic heterocycles. The predicted octanol–water partition coefficient (Wildman–Crippen LogP) is 4.33. The lowest BCUT2D eigenvalue weighted by molar-refractivity contribution is 0.481. The van der Waals surface area contributed by atoms with Gasteiger partial charge in [-0.2, -0.15) is 0 Å². The Morgan fingerprint density at radius 1 is 0.950 bits per heavy atom. The van der Waals surface area contributed by atoms with Crippen molar-refractivity contribution in [1.29, 1.82) is 0 Å². The molecule has 20 heavy (non-hydrogen) atoms. The molecule has 0 bridgehead atoms. The minimum absolute atomic E-state index is 0.864. The van der Waals surface area contributed by atoms with Crippen molar-refractivity contribution in [2.24, 2.45) is 0 Å². The molecule has 0 aliphatic carbocycles. The summed E-state index contributed by atoms with van der Waals surface area (Å²) in [5, 5.41) is 3.48. The van der Waals surface area contributed by atoms with Crippen molar-refractivity contribution in [3.05, 3.63) is 59.7 Å². The van der Waals surface area contributed by atoms with Gasteiger partial charge in [0.25, 0.3) is 0 Å². The summed E-state index contributed by atoms with van der Waals surface area (Å²) in [6.45, 7) is 4.07. The van der Waals surface area contributed by atoms with Gasteiger partial charge in [-0.1, -0.05) is 43.3 Å². The molecule has 2 aromatic carbocycles. The number of nitrogens with one attached hydrogen (secondary N) is 1. The highest BCUT2D eigenvalue weighted by Crippen LogP contribution is 2.37. The summed E-state index contributed by atoms with van der Waals surface area (Å²) >= 11 is 0. The van der Waals surface area contributed by atoms with E-state index < -0.39 is 0 Å². The molecule has 1 heterocycles. The van der Waals surface area contributed by atoms with E-state index >= 15 is 0 Å². The van der Waals surface area contributed by atoms with E-state index in [1.165, 1.54) is 11.1 Å². The van der Waals surface area contributed by atoms with E-state index in [2.05, 4.69) is 36.5 Å². The fourth-order valence-corrected chi connectivity index (χ4v) is 2.44. The number of benzene rings is 2. The average Bonchev–Trinajstić information content (AvgIpc) is 2.64. The first-order valence-electron chi connectivity index (χ1n) is 7.16. The van der Waals surface area contributed by atoms with Crippen LogP contribution in [-0.2, 0) is 0 Å². The Morgan fingerprint density at radius 3 is 2.55 bits per heavy atom. The molecule has 0 fully saturated rings. The lowest BCUT2D eigenvalue weighted by Gasteiger charge is -2.11. The molecule has 2 heteroatoms. The molecule has 2 aromatic rings. The minimum atomic E-state index is 0.864. The normalized spacial score (nSPS) is 12.8. The van der Waals surface area contributed by atoms with E-state index in [1.54, 1.807) is 0 Å². The highest BCUT2D eigenvalue weighted by atomic mass is 16.5. The molecule has 0 atom stereocenters. The Hall–Kier alpha value is -2.06. The van der Waals surface area contributed by atoms with E-state index in [9.17, 15) is 0 Å². The van der Waals surface area contributed by atoms with Crippen molar-refractivity contribution in [2.45, 2.75) is 13.3 Å². The van der Waals surface area contributed by atoms with Gasteiger partial charge in [0.05, 0.1) is 0 Å². The van der Waals surface area contributed by atoms with Crippen molar-refractivity contribution in [3.8, 4) is 11.5 Å². The molecule has 3 rings (SSSR count). The van der Waals surface area contributed by atoms with E-state index in [0.29, 0.717) is 0 Å². The number of para-hydroxylation sites is 2. The van der Waals surface area contributed by atoms with E-state index in [0.717, 1.165) is 36.6 Å². The summed E-state index contributed by atoms with van der Waals surface area (Å²) in [6.07, 6.45) is 3.37. The van der Waals surface area contributed by atoms with Crippen LogP contribution < -0.4 is 10.1 Å². The molecule has 102 valence electrons. The number of hydrogen-bond acceptors (Lipinski definition) is 2. The Labute approximate surface area is 120 Å². The zero-order chi connectivity index (χ0) is 13.8. The van der Waals surface area contributed by atoms with Gasteiger partial charge in [-0.3, -0.25) is 0 Å². The quantitative estimate of drug-likeness (QED) is 0.831. The molecule has 0 aromatic heterocycles. The van der Waals surface area contributed by atoms with Crippen molar-refractivity contribution in [3.63, 3.8) is 0 Å². The molecule has 1 aliphatic rings. The summed E-state index contributed by atoms with van der Waals surface area (Å²) in [5.41, 5.74) is 3.59. The molecule has 0 radical (unpaired) electrons. The van der Waals surface area contributed by atoms with Crippen LogP contribution >= 0.6 is 0 Å². The second-order valence-corrected chi connectivity index (χ2v) is 4.98. The first-order valence-corrected chi connectivity index (χ1v) is 7.16. The number of ether oxygens (including phenoxy) is 1. The maximum atomic E-state index is 6.06. The van der Waals surface area contributed by atoms with Crippen LogP contribution in [0.5, 0.6) is 11.5 Å². The Morgan fingerprint density at radius 2 is 1.70 bits per heavy atom. The van der Waals surface area contributed by atoms with Gasteiger partial charge in [0, 0.05) is 17.7 Å². The fourth-order valence-electron chi connectivity index (χ4n) is 2.44. The van der Waals surface area contributed by atoms with Crippen LogP contribution in [0.1, 0.15) is 24.5 Å². The predicted molar refractivity (Wildman–Crippen MR) is 84.0 cm³/mol.